The largest absolute Gasteiger partial charge is 0.334 e. The van der Waals surface area contributed by atoms with Gasteiger partial charge in [0, 0.05) is 18.0 Å². The summed E-state index contributed by atoms with van der Waals surface area (Å²) in [4.78, 5) is 13.6. The standard InChI is InChI=1S/C13H17ClN2O3S/c1-2-12(9-3-5-10(14)6-4-9)16-8-11(7-13(16)17)20(15,18)19/h3-6,11-12H,2,7-8H2,1H3,(H2,15,18,19). The summed E-state index contributed by atoms with van der Waals surface area (Å²) >= 11 is 5.85. The van der Waals surface area contributed by atoms with Crippen molar-refractivity contribution in [3.8, 4) is 0 Å². The van der Waals surface area contributed by atoms with Gasteiger partial charge in [0.2, 0.25) is 15.9 Å². The number of carbonyl (C=O) groups is 1. The predicted molar refractivity (Wildman–Crippen MR) is 77.7 cm³/mol. The van der Waals surface area contributed by atoms with Crippen LogP contribution in [0, 0.1) is 0 Å². The molecule has 0 radical (unpaired) electrons. The molecule has 2 atom stereocenters. The van der Waals surface area contributed by atoms with Gasteiger partial charge in [-0.1, -0.05) is 30.7 Å². The van der Waals surface area contributed by atoms with Crippen LogP contribution in [0.5, 0.6) is 0 Å². The lowest BCUT2D eigenvalue weighted by molar-refractivity contribution is -0.129. The Bertz CT molecular complexity index is 601. The Labute approximate surface area is 123 Å². The summed E-state index contributed by atoms with van der Waals surface area (Å²) in [6.45, 7) is 2.11. The summed E-state index contributed by atoms with van der Waals surface area (Å²) in [6.07, 6.45) is 0.660. The zero-order chi connectivity index (χ0) is 14.9. The molecule has 0 aromatic heterocycles. The van der Waals surface area contributed by atoms with Crippen LogP contribution in [0.15, 0.2) is 24.3 Å². The molecule has 1 amide bonds. The van der Waals surface area contributed by atoms with E-state index < -0.39 is 15.3 Å². The van der Waals surface area contributed by atoms with Crippen LogP contribution >= 0.6 is 11.6 Å². The Kier molecular flexibility index (Phi) is 4.36. The number of amides is 1. The Morgan fingerprint density at radius 2 is 2.00 bits per heavy atom. The number of halogens is 1. The summed E-state index contributed by atoms with van der Waals surface area (Å²) in [6, 6.07) is 7.09. The molecular formula is C13H17ClN2O3S. The van der Waals surface area contributed by atoms with Crippen LogP contribution in [-0.4, -0.2) is 31.0 Å². The molecule has 1 aromatic rings. The van der Waals surface area contributed by atoms with Gasteiger partial charge >= 0.3 is 0 Å². The molecule has 1 aliphatic heterocycles. The highest BCUT2D eigenvalue weighted by molar-refractivity contribution is 7.89. The zero-order valence-electron chi connectivity index (χ0n) is 11.1. The highest BCUT2D eigenvalue weighted by atomic mass is 35.5. The molecule has 1 saturated heterocycles. The molecule has 5 nitrogen and oxygen atoms in total. The average Bonchev–Trinajstić information content (AvgIpc) is 2.75. The minimum atomic E-state index is -3.68. The Balaban J connectivity index is 2.24. The van der Waals surface area contributed by atoms with E-state index in [1.165, 1.54) is 0 Å². The van der Waals surface area contributed by atoms with Gasteiger partial charge in [0.15, 0.2) is 0 Å². The molecular weight excluding hydrogens is 300 g/mol. The van der Waals surface area contributed by atoms with Gasteiger partial charge in [0.25, 0.3) is 0 Å². The van der Waals surface area contributed by atoms with Crippen molar-refractivity contribution in [1.82, 2.24) is 4.90 Å². The van der Waals surface area contributed by atoms with Gasteiger partial charge in [-0.3, -0.25) is 4.79 Å². The summed E-state index contributed by atoms with van der Waals surface area (Å²) in [5.41, 5.74) is 0.945. The van der Waals surface area contributed by atoms with Crippen molar-refractivity contribution >= 4 is 27.5 Å². The smallest absolute Gasteiger partial charge is 0.224 e. The molecule has 0 aliphatic carbocycles. The van der Waals surface area contributed by atoms with Crippen LogP contribution in [0.4, 0.5) is 0 Å². The minimum Gasteiger partial charge on any atom is -0.334 e. The van der Waals surface area contributed by atoms with Crippen molar-refractivity contribution in [1.29, 1.82) is 0 Å². The fourth-order valence-corrected chi connectivity index (χ4v) is 3.41. The van der Waals surface area contributed by atoms with E-state index in [0.717, 1.165) is 5.56 Å². The summed E-state index contributed by atoms with van der Waals surface area (Å²) < 4.78 is 22.8. The molecule has 1 fully saturated rings. The highest BCUT2D eigenvalue weighted by Gasteiger charge is 2.39. The maximum absolute atomic E-state index is 12.1. The minimum absolute atomic E-state index is 0.0388. The summed E-state index contributed by atoms with van der Waals surface area (Å²) in [5, 5.41) is 4.96. The van der Waals surface area contributed by atoms with Crippen LogP contribution in [-0.2, 0) is 14.8 Å². The fourth-order valence-electron chi connectivity index (χ4n) is 2.54. The first kappa shape index (κ1) is 15.3. The van der Waals surface area contributed by atoms with Gasteiger partial charge in [-0.2, -0.15) is 0 Å². The maximum Gasteiger partial charge on any atom is 0.224 e. The average molecular weight is 317 g/mol. The van der Waals surface area contributed by atoms with Crippen LogP contribution in [0.25, 0.3) is 0 Å². The number of nitrogens with two attached hydrogens (primary N) is 1. The second kappa shape index (κ2) is 5.71. The number of hydrogen-bond acceptors (Lipinski definition) is 3. The molecule has 1 aliphatic rings. The van der Waals surface area contributed by atoms with Gasteiger partial charge in [-0.15, -0.1) is 0 Å². The number of nitrogens with zero attached hydrogens (tertiary/aromatic N) is 1. The predicted octanol–water partition coefficient (Wildman–Crippen LogP) is 1.68. The molecule has 2 N–H and O–H groups in total. The van der Waals surface area contributed by atoms with Crippen molar-refractivity contribution in [2.75, 3.05) is 6.54 Å². The molecule has 20 heavy (non-hydrogen) atoms. The number of carbonyl (C=O) groups excluding carboxylic acids is 1. The van der Waals surface area contributed by atoms with Crippen LogP contribution < -0.4 is 5.14 Å². The third-order valence-electron chi connectivity index (χ3n) is 3.61. The SMILES string of the molecule is CCC(c1ccc(Cl)cc1)N1CC(S(N)(=O)=O)CC1=O. The third-order valence-corrected chi connectivity index (χ3v) is 5.10. The van der Waals surface area contributed by atoms with Gasteiger partial charge in [0.05, 0.1) is 6.04 Å². The normalized spacial score (nSPS) is 21.2. The lowest BCUT2D eigenvalue weighted by atomic mass is 10.0. The first-order valence-corrected chi connectivity index (χ1v) is 8.38. The number of rotatable bonds is 4. The van der Waals surface area contributed by atoms with E-state index in [-0.39, 0.29) is 24.9 Å². The first-order chi connectivity index (χ1) is 9.32. The fraction of sp³-hybridized carbons (Fsp3) is 0.462. The second-order valence-corrected chi connectivity index (χ2v) is 7.22. The summed E-state index contributed by atoms with van der Waals surface area (Å²) in [7, 11) is -3.68. The van der Waals surface area contributed by atoms with Crippen LogP contribution in [0.3, 0.4) is 0 Å². The van der Waals surface area contributed by atoms with Gasteiger partial charge in [0.1, 0.15) is 5.25 Å². The molecule has 1 heterocycles. The molecule has 110 valence electrons. The van der Waals surface area contributed by atoms with E-state index in [4.69, 9.17) is 16.7 Å². The molecule has 0 saturated carbocycles. The van der Waals surface area contributed by atoms with Crippen molar-refractivity contribution in [2.24, 2.45) is 5.14 Å². The molecule has 2 rings (SSSR count). The summed E-state index contributed by atoms with van der Waals surface area (Å²) in [5.74, 6) is -0.175. The Hall–Kier alpha value is -1.11. The van der Waals surface area contributed by atoms with Crippen molar-refractivity contribution in [2.45, 2.75) is 31.1 Å². The maximum atomic E-state index is 12.1. The number of benzene rings is 1. The van der Waals surface area contributed by atoms with Gasteiger partial charge < -0.3 is 4.90 Å². The van der Waals surface area contributed by atoms with Crippen molar-refractivity contribution in [3.05, 3.63) is 34.9 Å². The Morgan fingerprint density at radius 3 is 2.45 bits per heavy atom. The van der Waals surface area contributed by atoms with Crippen molar-refractivity contribution < 1.29 is 13.2 Å². The number of likely N-dealkylation sites (tertiary alicyclic amines) is 1. The molecule has 0 spiro atoms. The molecule has 7 heteroatoms. The number of hydrogen-bond donors (Lipinski definition) is 1. The zero-order valence-corrected chi connectivity index (χ0v) is 12.7. The molecule has 1 aromatic carbocycles. The van der Waals surface area contributed by atoms with Crippen molar-refractivity contribution in [3.63, 3.8) is 0 Å². The van der Waals surface area contributed by atoms with E-state index >= 15 is 0 Å². The second-order valence-electron chi connectivity index (χ2n) is 4.94. The highest BCUT2D eigenvalue weighted by Crippen LogP contribution is 2.30. The van der Waals surface area contributed by atoms with Crippen LogP contribution in [0.1, 0.15) is 31.4 Å². The first-order valence-electron chi connectivity index (χ1n) is 6.39. The van der Waals surface area contributed by atoms with E-state index in [9.17, 15) is 13.2 Å². The molecule has 2 unspecified atom stereocenters. The van der Waals surface area contributed by atoms with Crippen LogP contribution in [0.2, 0.25) is 5.02 Å². The van der Waals surface area contributed by atoms with E-state index in [1.807, 2.05) is 19.1 Å². The monoisotopic (exact) mass is 316 g/mol. The molecule has 0 bridgehead atoms. The quantitative estimate of drug-likeness (QED) is 0.917. The number of primary sulfonamides is 1. The topological polar surface area (TPSA) is 80.5 Å². The third kappa shape index (κ3) is 3.13. The lowest BCUT2D eigenvalue weighted by Gasteiger charge is -2.27. The van der Waals surface area contributed by atoms with Gasteiger partial charge in [-0.25, -0.2) is 13.6 Å². The van der Waals surface area contributed by atoms with E-state index in [2.05, 4.69) is 0 Å². The van der Waals surface area contributed by atoms with E-state index in [0.29, 0.717) is 11.4 Å². The number of sulfonamides is 1. The van der Waals surface area contributed by atoms with Gasteiger partial charge in [-0.05, 0) is 24.1 Å². The van der Waals surface area contributed by atoms with E-state index in [1.54, 1.807) is 17.0 Å². The lowest BCUT2D eigenvalue weighted by Crippen LogP contribution is -2.34. The Morgan fingerprint density at radius 1 is 1.40 bits per heavy atom.